The summed E-state index contributed by atoms with van der Waals surface area (Å²) in [7, 11) is 3.17. The Morgan fingerprint density at radius 3 is 1.74 bits per heavy atom. The van der Waals surface area contributed by atoms with Crippen LogP contribution in [0.3, 0.4) is 0 Å². The summed E-state index contributed by atoms with van der Waals surface area (Å²) < 4.78 is 39.9. The molecule has 0 bridgehead atoms. The average Bonchev–Trinajstić information content (AvgIpc) is 3.13. The lowest BCUT2D eigenvalue weighted by atomic mass is 9.80. The fourth-order valence-corrected chi connectivity index (χ4v) is 5.33. The average molecular weight is 692 g/mol. The molecule has 0 saturated carbocycles. The van der Waals surface area contributed by atoms with Crippen molar-refractivity contribution in [3.63, 3.8) is 0 Å². The van der Waals surface area contributed by atoms with Crippen LogP contribution in [0.1, 0.15) is 49.8 Å². The van der Waals surface area contributed by atoms with E-state index in [0.717, 1.165) is 16.7 Å². The van der Waals surface area contributed by atoms with E-state index in [1.165, 1.54) is 13.8 Å². The minimum Gasteiger partial charge on any atom is -0.497 e. The molecule has 3 aromatic carbocycles. The van der Waals surface area contributed by atoms with E-state index in [9.17, 15) is 14.4 Å². The van der Waals surface area contributed by atoms with Gasteiger partial charge < -0.3 is 33.2 Å². The van der Waals surface area contributed by atoms with Crippen LogP contribution in [0.4, 0.5) is 0 Å². The van der Waals surface area contributed by atoms with Crippen molar-refractivity contribution in [2.45, 2.75) is 50.9 Å². The predicted octanol–water partition coefficient (Wildman–Crippen LogP) is 5.96. The molecule has 0 spiro atoms. The Bertz CT molecular complexity index is 1480. The standard InChI is InChI=1S/C37H45N3O10/c1-27(41)49-35(19-14-32(43)20-22-46-24-25-47-23-21-39-40-38)36(50-28(2)42)26-48-37(29-8-6-5-7-9-29,30-10-15-33(44-3)16-11-30)31-12-17-34(45-4)18-13-31/h5-13,15-18,35-36H,14,19-26H2,1-4H3/t35-,36-/m1/s1. The van der Waals surface area contributed by atoms with Crippen LogP contribution in [-0.2, 0) is 43.7 Å². The fourth-order valence-electron chi connectivity index (χ4n) is 5.33. The van der Waals surface area contributed by atoms with Gasteiger partial charge in [0.05, 0.1) is 47.3 Å². The Labute approximate surface area is 292 Å². The summed E-state index contributed by atoms with van der Waals surface area (Å²) in [4.78, 5) is 40.1. The van der Waals surface area contributed by atoms with Crippen molar-refractivity contribution in [3.05, 3.63) is 106 Å². The minimum absolute atomic E-state index is 0.0442. The SMILES string of the molecule is COc1ccc(C(OC[C@@H](OC(C)=O)[C@@H](CCC(=O)CCOCCOCCN=[N+]=[N-])OC(C)=O)(c2ccccc2)c2ccc(OC)cc2)cc1. The number of rotatable bonds is 23. The van der Waals surface area contributed by atoms with Gasteiger partial charge in [-0.1, -0.05) is 59.7 Å². The maximum atomic E-state index is 12.8. The van der Waals surface area contributed by atoms with Gasteiger partial charge in [0.2, 0.25) is 0 Å². The lowest BCUT2D eigenvalue weighted by Gasteiger charge is -2.38. The molecule has 0 fully saturated rings. The van der Waals surface area contributed by atoms with Gasteiger partial charge in [-0.3, -0.25) is 14.4 Å². The number of ketones is 1. The molecule has 0 radical (unpaired) electrons. The van der Waals surface area contributed by atoms with Crippen molar-refractivity contribution in [2.24, 2.45) is 5.11 Å². The molecule has 2 atom stereocenters. The number of benzene rings is 3. The van der Waals surface area contributed by atoms with Gasteiger partial charge in [0.25, 0.3) is 0 Å². The molecule has 0 N–H and O–H groups in total. The Morgan fingerprint density at radius 1 is 0.700 bits per heavy atom. The van der Waals surface area contributed by atoms with Gasteiger partial charge >= 0.3 is 11.9 Å². The second-order valence-electron chi connectivity index (χ2n) is 11.1. The summed E-state index contributed by atoms with van der Waals surface area (Å²) in [6, 6.07) is 24.5. The third kappa shape index (κ3) is 12.2. The Morgan fingerprint density at radius 2 is 1.22 bits per heavy atom. The van der Waals surface area contributed by atoms with E-state index >= 15 is 0 Å². The molecule has 13 nitrogen and oxygen atoms in total. The summed E-state index contributed by atoms with van der Waals surface area (Å²) >= 11 is 0. The zero-order chi connectivity index (χ0) is 36.2. The van der Waals surface area contributed by atoms with Gasteiger partial charge in [-0.25, -0.2) is 0 Å². The molecule has 0 aliphatic rings. The third-order valence-electron chi connectivity index (χ3n) is 7.69. The molecule has 0 amide bonds. The van der Waals surface area contributed by atoms with Crippen molar-refractivity contribution in [1.29, 1.82) is 0 Å². The fraction of sp³-hybridized carbons (Fsp3) is 0.432. The number of Topliss-reactive ketones (excluding diaryl/α,β-unsaturated/α-hetero) is 1. The summed E-state index contributed by atoms with van der Waals surface area (Å²) in [5.41, 5.74) is 9.37. The summed E-state index contributed by atoms with van der Waals surface area (Å²) in [6.45, 7) is 3.59. The van der Waals surface area contributed by atoms with Crippen LogP contribution in [0.5, 0.6) is 11.5 Å². The highest BCUT2D eigenvalue weighted by atomic mass is 16.6. The van der Waals surface area contributed by atoms with Crippen LogP contribution in [0.25, 0.3) is 10.4 Å². The summed E-state index contributed by atoms with van der Waals surface area (Å²) in [5, 5.41) is 3.38. The molecular formula is C37H45N3O10. The van der Waals surface area contributed by atoms with Gasteiger partial charge in [-0.15, -0.1) is 0 Å². The van der Waals surface area contributed by atoms with Crippen molar-refractivity contribution < 1.29 is 47.5 Å². The zero-order valence-corrected chi connectivity index (χ0v) is 28.9. The maximum Gasteiger partial charge on any atom is 0.303 e. The topological polar surface area (TPSA) is 165 Å². The number of carbonyl (C=O) groups excluding carboxylic acids is 3. The molecule has 0 aromatic heterocycles. The molecule has 0 heterocycles. The number of methoxy groups -OCH3 is 2. The van der Waals surface area contributed by atoms with E-state index in [-0.39, 0.29) is 58.0 Å². The zero-order valence-electron chi connectivity index (χ0n) is 28.9. The Hall–Kier alpha value is -4.94. The van der Waals surface area contributed by atoms with Crippen molar-refractivity contribution in [3.8, 4) is 11.5 Å². The van der Waals surface area contributed by atoms with E-state index in [0.29, 0.717) is 18.1 Å². The number of nitrogens with zero attached hydrogens (tertiary/aromatic N) is 3. The third-order valence-corrected chi connectivity index (χ3v) is 7.69. The minimum atomic E-state index is -1.22. The van der Waals surface area contributed by atoms with Crippen molar-refractivity contribution in [2.75, 3.05) is 53.8 Å². The van der Waals surface area contributed by atoms with Crippen LogP contribution in [0.15, 0.2) is 84.0 Å². The molecule has 3 aromatic rings. The second-order valence-corrected chi connectivity index (χ2v) is 11.1. The van der Waals surface area contributed by atoms with E-state index < -0.39 is 29.7 Å². The van der Waals surface area contributed by atoms with E-state index in [4.69, 9.17) is 38.7 Å². The van der Waals surface area contributed by atoms with Gasteiger partial charge in [-0.2, -0.15) is 0 Å². The number of hydrogen-bond acceptors (Lipinski definition) is 11. The van der Waals surface area contributed by atoms with Crippen LogP contribution in [-0.4, -0.2) is 83.7 Å². The van der Waals surface area contributed by atoms with Crippen LogP contribution in [0, 0.1) is 0 Å². The number of esters is 2. The van der Waals surface area contributed by atoms with Crippen molar-refractivity contribution in [1.82, 2.24) is 0 Å². The van der Waals surface area contributed by atoms with E-state index in [2.05, 4.69) is 10.0 Å². The van der Waals surface area contributed by atoms with Gasteiger partial charge in [-0.05, 0) is 52.9 Å². The number of hydrogen-bond donors (Lipinski definition) is 0. The first kappa shape index (κ1) is 39.5. The highest BCUT2D eigenvalue weighted by Gasteiger charge is 2.40. The normalized spacial score (nSPS) is 12.2. The molecule has 50 heavy (non-hydrogen) atoms. The Kier molecular flexibility index (Phi) is 16.8. The molecule has 0 aliphatic heterocycles. The molecule has 0 saturated heterocycles. The molecule has 13 heteroatoms. The molecule has 0 unspecified atom stereocenters. The van der Waals surface area contributed by atoms with Gasteiger partial charge in [0, 0.05) is 38.1 Å². The largest absolute Gasteiger partial charge is 0.497 e. The van der Waals surface area contributed by atoms with E-state index in [1.807, 2.05) is 78.9 Å². The number of ether oxygens (including phenoxy) is 7. The number of azide groups is 1. The first-order valence-electron chi connectivity index (χ1n) is 16.2. The second kappa shape index (κ2) is 21.2. The van der Waals surface area contributed by atoms with Gasteiger partial charge in [0.15, 0.2) is 6.10 Å². The van der Waals surface area contributed by atoms with Crippen molar-refractivity contribution >= 4 is 17.7 Å². The lowest BCUT2D eigenvalue weighted by molar-refractivity contribution is -0.174. The molecule has 3 rings (SSSR count). The van der Waals surface area contributed by atoms with E-state index in [1.54, 1.807) is 14.2 Å². The predicted molar refractivity (Wildman–Crippen MR) is 184 cm³/mol. The quantitative estimate of drug-likeness (QED) is 0.0289. The highest BCUT2D eigenvalue weighted by molar-refractivity contribution is 5.78. The molecule has 268 valence electrons. The summed E-state index contributed by atoms with van der Waals surface area (Å²) in [5.74, 6) is -0.00377. The highest BCUT2D eigenvalue weighted by Crippen LogP contribution is 2.42. The first-order chi connectivity index (χ1) is 24.2. The maximum absolute atomic E-state index is 12.8. The monoisotopic (exact) mass is 691 g/mol. The van der Waals surface area contributed by atoms with Crippen LogP contribution >= 0.6 is 0 Å². The number of carbonyl (C=O) groups is 3. The first-order valence-corrected chi connectivity index (χ1v) is 16.2. The Balaban J connectivity index is 1.86. The van der Waals surface area contributed by atoms with Crippen LogP contribution in [0.2, 0.25) is 0 Å². The smallest absolute Gasteiger partial charge is 0.303 e. The lowest BCUT2D eigenvalue weighted by Crippen LogP contribution is -2.42. The molecule has 0 aliphatic carbocycles. The molecular weight excluding hydrogens is 646 g/mol. The van der Waals surface area contributed by atoms with Crippen LogP contribution < -0.4 is 9.47 Å². The van der Waals surface area contributed by atoms with Gasteiger partial charge in [0.1, 0.15) is 29.0 Å². The summed E-state index contributed by atoms with van der Waals surface area (Å²) in [6.07, 6.45) is -1.77.